The van der Waals surface area contributed by atoms with Gasteiger partial charge >= 0.3 is 0 Å². The van der Waals surface area contributed by atoms with Gasteiger partial charge in [0.2, 0.25) is 0 Å². The third-order valence-corrected chi connectivity index (χ3v) is 6.55. The van der Waals surface area contributed by atoms with Crippen LogP contribution in [-0.4, -0.2) is 31.9 Å². The first-order chi connectivity index (χ1) is 15.6. The molecule has 9 heteroatoms. The Balaban J connectivity index is 1.93. The zero-order valence-corrected chi connectivity index (χ0v) is 18.9. The molecule has 1 heterocycles. The van der Waals surface area contributed by atoms with E-state index in [1.165, 1.54) is 18.2 Å². The van der Waals surface area contributed by atoms with E-state index >= 15 is 4.39 Å². The first-order valence-electron chi connectivity index (χ1n) is 10.00. The third kappa shape index (κ3) is 4.11. The Kier molecular flexibility index (Phi) is 5.74. The summed E-state index contributed by atoms with van der Waals surface area (Å²) in [6, 6.07) is 12.4. The largest absolute Gasteiger partial charge is 0.316 e. The molecule has 0 aliphatic rings. The molecule has 4 rings (SSSR count). The zero-order chi connectivity index (χ0) is 23.9. The molecule has 33 heavy (non-hydrogen) atoms. The molecule has 0 saturated heterocycles. The number of H-pyrrole nitrogens is 1. The van der Waals surface area contributed by atoms with Crippen LogP contribution in [-0.2, 0) is 16.4 Å². The van der Waals surface area contributed by atoms with E-state index in [0.29, 0.717) is 45.4 Å². The Labute approximate surface area is 189 Å². The molecular formula is C24H20F2N4O2S. The Bertz CT molecular complexity index is 1530. The van der Waals surface area contributed by atoms with E-state index in [1.54, 1.807) is 26.1 Å². The molecule has 0 bridgehead atoms. The molecule has 0 unspecified atom stereocenters. The Morgan fingerprint density at radius 1 is 1.12 bits per heavy atom. The average Bonchev–Trinajstić information content (AvgIpc) is 3.14. The van der Waals surface area contributed by atoms with E-state index in [-0.39, 0.29) is 5.56 Å². The second kappa shape index (κ2) is 8.39. The van der Waals surface area contributed by atoms with Crippen molar-refractivity contribution in [3.63, 3.8) is 0 Å². The number of aryl methyl sites for hydroxylation is 1. The highest BCUT2D eigenvalue weighted by molar-refractivity contribution is 7.90. The molecule has 0 radical (unpaired) electrons. The van der Waals surface area contributed by atoms with Crippen molar-refractivity contribution >= 4 is 20.7 Å². The Morgan fingerprint density at radius 3 is 2.48 bits per heavy atom. The van der Waals surface area contributed by atoms with Crippen LogP contribution in [0.15, 0.2) is 47.4 Å². The lowest BCUT2D eigenvalue weighted by Crippen LogP contribution is -2.06. The second-order valence-electron chi connectivity index (χ2n) is 7.84. The fraction of sp³-hybridized carbons (Fsp3) is 0.167. The second-order valence-corrected chi connectivity index (χ2v) is 9.83. The van der Waals surface area contributed by atoms with E-state index in [4.69, 9.17) is 0 Å². The maximum Gasteiger partial charge on any atom is 0.178 e. The molecule has 2 N–H and O–H groups in total. The summed E-state index contributed by atoms with van der Waals surface area (Å²) in [5.74, 6) is -1.34. The van der Waals surface area contributed by atoms with Crippen LogP contribution >= 0.6 is 0 Å². The monoisotopic (exact) mass is 466 g/mol. The molecule has 1 aromatic heterocycles. The summed E-state index contributed by atoms with van der Waals surface area (Å²) in [4.78, 5) is -0.405. The number of nitrogens with one attached hydrogen (secondary N) is 2. The summed E-state index contributed by atoms with van der Waals surface area (Å²) in [6.45, 7) is 2.28. The molecule has 0 spiro atoms. The van der Waals surface area contributed by atoms with Crippen LogP contribution in [0.3, 0.4) is 0 Å². The van der Waals surface area contributed by atoms with Crippen LogP contribution in [0.2, 0.25) is 0 Å². The van der Waals surface area contributed by atoms with Crippen LogP contribution in [0, 0.1) is 29.9 Å². The highest BCUT2D eigenvalue weighted by Crippen LogP contribution is 2.36. The maximum atomic E-state index is 15.1. The fourth-order valence-corrected chi connectivity index (χ4v) is 4.72. The predicted octanol–water partition coefficient (Wildman–Crippen LogP) is 4.48. The van der Waals surface area contributed by atoms with Gasteiger partial charge in [-0.3, -0.25) is 5.10 Å². The van der Waals surface area contributed by atoms with Crippen molar-refractivity contribution in [3.8, 4) is 28.5 Å². The summed E-state index contributed by atoms with van der Waals surface area (Å²) < 4.78 is 53.1. The highest BCUT2D eigenvalue weighted by atomic mass is 32.2. The van der Waals surface area contributed by atoms with Crippen molar-refractivity contribution in [2.24, 2.45) is 0 Å². The Hall–Kier alpha value is -3.61. The number of fused-ring (bicyclic) bond motifs is 1. The minimum atomic E-state index is -3.72. The lowest BCUT2D eigenvalue weighted by molar-refractivity contribution is 0.571. The van der Waals surface area contributed by atoms with Gasteiger partial charge in [-0.2, -0.15) is 10.4 Å². The van der Waals surface area contributed by atoms with E-state index < -0.39 is 26.4 Å². The number of aromatic amines is 1. The lowest BCUT2D eigenvalue weighted by Gasteiger charge is -2.13. The molecule has 168 valence electrons. The number of nitriles is 1. The summed E-state index contributed by atoms with van der Waals surface area (Å²) in [6.07, 6.45) is 0.934. The summed E-state index contributed by atoms with van der Waals surface area (Å²) in [5.41, 5.74) is 3.64. The summed E-state index contributed by atoms with van der Waals surface area (Å²) in [5, 5.41) is 20.3. The van der Waals surface area contributed by atoms with Crippen LogP contribution < -0.4 is 5.32 Å². The summed E-state index contributed by atoms with van der Waals surface area (Å²) in [7, 11) is -1.94. The molecule has 0 saturated carbocycles. The number of hydrogen-bond acceptors (Lipinski definition) is 5. The van der Waals surface area contributed by atoms with Gasteiger partial charge < -0.3 is 5.32 Å². The van der Waals surface area contributed by atoms with Gasteiger partial charge in [0.25, 0.3) is 0 Å². The number of nitrogens with zero attached hydrogens (tertiary/aromatic N) is 2. The predicted molar refractivity (Wildman–Crippen MR) is 122 cm³/mol. The van der Waals surface area contributed by atoms with Crippen molar-refractivity contribution in [2.75, 3.05) is 13.3 Å². The van der Waals surface area contributed by atoms with Gasteiger partial charge in [0.05, 0.1) is 17.1 Å². The van der Waals surface area contributed by atoms with Gasteiger partial charge in [-0.1, -0.05) is 12.1 Å². The standard InChI is InChI=1S/C24H20F2N4O2S/c1-13-6-14(12-28-2)7-20(26)23(13)17-10-18-21(9-16(17)11-27)29-30-24(18)15-4-5-22(19(25)8-15)33(3,31)32/h4-10,28H,12H2,1-3H3,(H,29,30). The van der Waals surface area contributed by atoms with Crippen LogP contribution in [0.5, 0.6) is 0 Å². The topological polar surface area (TPSA) is 98.6 Å². The normalized spacial score (nSPS) is 11.6. The van der Waals surface area contributed by atoms with Crippen molar-refractivity contribution in [2.45, 2.75) is 18.4 Å². The third-order valence-electron chi connectivity index (χ3n) is 5.42. The molecule has 0 aliphatic heterocycles. The smallest absolute Gasteiger partial charge is 0.178 e. The minimum absolute atomic E-state index is 0.264. The van der Waals surface area contributed by atoms with E-state index in [9.17, 15) is 18.1 Å². The van der Waals surface area contributed by atoms with Gasteiger partial charge in [-0.05, 0) is 55.4 Å². The van der Waals surface area contributed by atoms with Crippen LogP contribution in [0.1, 0.15) is 16.7 Å². The number of sulfone groups is 1. The van der Waals surface area contributed by atoms with Gasteiger partial charge in [0.1, 0.15) is 22.2 Å². The fourth-order valence-electron chi connectivity index (χ4n) is 4.00. The molecule has 3 aromatic carbocycles. The van der Waals surface area contributed by atoms with Crippen molar-refractivity contribution in [1.29, 1.82) is 5.26 Å². The SMILES string of the molecule is CNCc1cc(C)c(-c2cc3c(-c4ccc(S(C)(=O)=O)c(F)c4)n[nH]c3cc2C#N)c(F)c1. The molecule has 6 nitrogen and oxygen atoms in total. The molecular weight excluding hydrogens is 446 g/mol. The number of rotatable bonds is 5. The number of benzene rings is 3. The zero-order valence-electron chi connectivity index (χ0n) is 18.1. The first kappa shape index (κ1) is 22.6. The van der Waals surface area contributed by atoms with Crippen LogP contribution in [0.4, 0.5) is 8.78 Å². The highest BCUT2D eigenvalue weighted by Gasteiger charge is 2.20. The van der Waals surface area contributed by atoms with Crippen LogP contribution in [0.25, 0.3) is 33.3 Å². The lowest BCUT2D eigenvalue weighted by atomic mass is 9.92. The van der Waals surface area contributed by atoms with Crippen molar-refractivity contribution in [1.82, 2.24) is 15.5 Å². The van der Waals surface area contributed by atoms with Crippen molar-refractivity contribution < 1.29 is 17.2 Å². The molecule has 0 atom stereocenters. The number of hydrogen-bond donors (Lipinski definition) is 2. The first-order valence-corrected chi connectivity index (χ1v) is 11.9. The van der Waals surface area contributed by atoms with Gasteiger partial charge in [-0.15, -0.1) is 0 Å². The van der Waals surface area contributed by atoms with Gasteiger partial charge in [0, 0.05) is 34.9 Å². The van der Waals surface area contributed by atoms with Gasteiger partial charge in [-0.25, -0.2) is 17.2 Å². The number of halogens is 2. The average molecular weight is 467 g/mol. The molecule has 0 aliphatic carbocycles. The maximum absolute atomic E-state index is 15.1. The molecule has 0 amide bonds. The van der Waals surface area contributed by atoms with E-state index in [2.05, 4.69) is 21.6 Å². The Morgan fingerprint density at radius 2 is 1.88 bits per heavy atom. The van der Waals surface area contributed by atoms with Crippen molar-refractivity contribution in [3.05, 3.63) is 70.8 Å². The van der Waals surface area contributed by atoms with E-state index in [0.717, 1.165) is 17.9 Å². The summed E-state index contributed by atoms with van der Waals surface area (Å²) >= 11 is 0. The minimum Gasteiger partial charge on any atom is -0.316 e. The number of aromatic nitrogens is 2. The molecule has 0 fully saturated rings. The van der Waals surface area contributed by atoms with Gasteiger partial charge in [0.15, 0.2) is 9.84 Å². The quantitative estimate of drug-likeness (QED) is 0.452. The van der Waals surface area contributed by atoms with E-state index in [1.807, 2.05) is 6.07 Å². The molecule has 4 aromatic rings.